The molecule has 0 fully saturated rings. The van der Waals surface area contributed by atoms with Crippen molar-refractivity contribution in [3.8, 4) is 16.8 Å². The van der Waals surface area contributed by atoms with Crippen LogP contribution in [0.3, 0.4) is 0 Å². The van der Waals surface area contributed by atoms with Gasteiger partial charge in [0.05, 0.1) is 11.2 Å². The molecule has 282 valence electrons. The van der Waals surface area contributed by atoms with Gasteiger partial charge < -0.3 is 9.47 Å². The lowest BCUT2D eigenvalue weighted by atomic mass is 9.92. The van der Waals surface area contributed by atoms with Crippen LogP contribution in [0.4, 0.5) is 5.69 Å². The van der Waals surface area contributed by atoms with Crippen molar-refractivity contribution in [2.24, 2.45) is 0 Å². The molecule has 56 heavy (non-hydrogen) atoms. The first kappa shape index (κ1) is 40.8. The molecule has 0 saturated heterocycles. The van der Waals surface area contributed by atoms with Gasteiger partial charge in [-0.15, -0.1) is 0 Å². The van der Waals surface area contributed by atoms with Gasteiger partial charge in [-0.2, -0.15) is 0 Å². The second-order valence-electron chi connectivity index (χ2n) is 14.0. The number of allylic oxidation sites excluding steroid dienone is 13. The van der Waals surface area contributed by atoms with Gasteiger partial charge in [0.1, 0.15) is 0 Å². The minimum atomic E-state index is 0.864. The molecule has 0 saturated carbocycles. The smallest absolute Gasteiger partial charge is 0.0564 e. The van der Waals surface area contributed by atoms with E-state index >= 15 is 0 Å². The van der Waals surface area contributed by atoms with E-state index in [1.165, 1.54) is 66.3 Å². The number of fused-ring (bicyclic) bond motifs is 2. The van der Waals surface area contributed by atoms with E-state index in [-0.39, 0.29) is 0 Å². The van der Waals surface area contributed by atoms with Crippen molar-refractivity contribution >= 4 is 32.9 Å². The standard InChI is InChI=1S/C40H36N2.C8H10.C6H10/c1-5-7-19-35(6-2)41(4)40-37(32-17-12-11-14-29(3)25-32)22-21-33-28-39-34(27-38(33)40)23-24-42(39)36-20-13-18-31(26-36)30-15-9-8-10-16-30;1-7-5-3-4-6-8(7)2;1-3-5-6-4-2/h5-13,15-24,26-28H,1,3,14,25H2,2,4H3;3-6H,1-2H3;3-6H,1-2H3/b19-7-,35-6+;;5-3-,6-4-. The normalized spacial score (nSPS) is 13.1. The first-order chi connectivity index (χ1) is 27.3. The molecule has 1 heterocycles. The molecule has 0 bridgehead atoms. The molecule has 0 atom stereocenters. The van der Waals surface area contributed by atoms with E-state index in [2.05, 4.69) is 196 Å². The molecular weight excluding hydrogens is 677 g/mol. The summed E-state index contributed by atoms with van der Waals surface area (Å²) in [6, 6.07) is 39.1. The predicted octanol–water partition coefficient (Wildman–Crippen LogP) is 15.3. The van der Waals surface area contributed by atoms with Gasteiger partial charge in [-0.1, -0.05) is 158 Å². The first-order valence-electron chi connectivity index (χ1n) is 19.5. The van der Waals surface area contributed by atoms with Crippen LogP contribution in [0.1, 0.15) is 50.3 Å². The van der Waals surface area contributed by atoms with Crippen molar-refractivity contribution in [3.05, 3.63) is 223 Å². The molecule has 7 rings (SSSR count). The van der Waals surface area contributed by atoms with E-state index in [1.807, 2.05) is 50.3 Å². The van der Waals surface area contributed by atoms with Gasteiger partial charge in [-0.3, -0.25) is 0 Å². The Kier molecular flexibility index (Phi) is 14.8. The number of hydrogen-bond acceptors (Lipinski definition) is 1. The zero-order valence-electron chi connectivity index (χ0n) is 34.0. The van der Waals surface area contributed by atoms with E-state index < -0.39 is 0 Å². The molecule has 0 N–H and O–H groups in total. The lowest BCUT2D eigenvalue weighted by Crippen LogP contribution is -2.17. The molecule has 0 unspecified atom stereocenters. The summed E-state index contributed by atoms with van der Waals surface area (Å²) in [4.78, 5) is 2.31. The van der Waals surface area contributed by atoms with Gasteiger partial charge >= 0.3 is 0 Å². The highest BCUT2D eigenvalue weighted by molar-refractivity contribution is 6.07. The van der Waals surface area contributed by atoms with Gasteiger partial charge in [0.2, 0.25) is 0 Å². The minimum Gasteiger partial charge on any atom is -0.344 e. The van der Waals surface area contributed by atoms with E-state index in [0.717, 1.165) is 24.2 Å². The Labute approximate surface area is 335 Å². The predicted molar refractivity (Wildman–Crippen MR) is 249 cm³/mol. The Morgan fingerprint density at radius 1 is 0.732 bits per heavy atom. The molecule has 1 aliphatic rings. The number of hydrogen-bond donors (Lipinski definition) is 0. The van der Waals surface area contributed by atoms with E-state index in [0.29, 0.717) is 0 Å². The van der Waals surface area contributed by atoms with Crippen molar-refractivity contribution in [3.63, 3.8) is 0 Å². The third-order valence-corrected chi connectivity index (χ3v) is 10.0. The summed E-state index contributed by atoms with van der Waals surface area (Å²) < 4.78 is 2.30. The monoisotopic (exact) mass is 732 g/mol. The van der Waals surface area contributed by atoms with E-state index in [4.69, 9.17) is 0 Å². The second kappa shape index (κ2) is 20.3. The molecule has 2 nitrogen and oxygen atoms in total. The molecular formula is C54H56N2. The number of rotatable bonds is 8. The van der Waals surface area contributed by atoms with Crippen LogP contribution in [-0.2, 0) is 0 Å². The molecule has 0 radical (unpaired) electrons. The summed E-state index contributed by atoms with van der Waals surface area (Å²) in [5, 5.41) is 3.64. The number of aromatic nitrogens is 1. The highest BCUT2D eigenvalue weighted by Crippen LogP contribution is 2.41. The van der Waals surface area contributed by atoms with Crippen LogP contribution in [0, 0.1) is 13.8 Å². The average molecular weight is 733 g/mol. The highest BCUT2D eigenvalue weighted by atomic mass is 15.1. The van der Waals surface area contributed by atoms with Gasteiger partial charge in [0, 0.05) is 41.0 Å². The van der Waals surface area contributed by atoms with Crippen LogP contribution < -0.4 is 4.90 Å². The summed E-state index contributed by atoms with van der Waals surface area (Å²) in [5.41, 5.74) is 13.6. The van der Waals surface area contributed by atoms with E-state index in [9.17, 15) is 0 Å². The summed E-state index contributed by atoms with van der Waals surface area (Å²) in [7, 11) is 2.16. The highest BCUT2D eigenvalue weighted by Gasteiger charge is 2.19. The zero-order chi connectivity index (χ0) is 39.9. The topological polar surface area (TPSA) is 8.17 Å². The van der Waals surface area contributed by atoms with Crippen molar-refractivity contribution < 1.29 is 0 Å². The lowest BCUT2D eigenvalue weighted by Gasteiger charge is -2.27. The van der Waals surface area contributed by atoms with E-state index in [1.54, 1.807) is 0 Å². The largest absolute Gasteiger partial charge is 0.344 e. The molecule has 6 aromatic rings. The first-order valence-corrected chi connectivity index (χ1v) is 19.5. The van der Waals surface area contributed by atoms with Crippen LogP contribution in [0.5, 0.6) is 0 Å². The maximum absolute atomic E-state index is 4.33. The van der Waals surface area contributed by atoms with Crippen LogP contribution in [-0.4, -0.2) is 11.6 Å². The van der Waals surface area contributed by atoms with Crippen molar-refractivity contribution in [1.29, 1.82) is 0 Å². The average Bonchev–Trinajstić information content (AvgIpc) is 3.52. The third-order valence-electron chi connectivity index (χ3n) is 10.0. The summed E-state index contributed by atoms with van der Waals surface area (Å²) in [6.45, 7) is 18.5. The van der Waals surface area contributed by atoms with Crippen molar-refractivity contribution in [2.75, 3.05) is 11.9 Å². The Morgan fingerprint density at radius 3 is 2.09 bits per heavy atom. The third kappa shape index (κ3) is 10.2. The summed E-state index contributed by atoms with van der Waals surface area (Å²) in [6.07, 6.45) is 26.7. The molecule has 0 spiro atoms. The van der Waals surface area contributed by atoms with Gasteiger partial charge in [-0.05, 0) is 117 Å². The second-order valence-corrected chi connectivity index (χ2v) is 14.0. The summed E-state index contributed by atoms with van der Waals surface area (Å²) in [5.74, 6) is 0. The summed E-state index contributed by atoms with van der Waals surface area (Å²) >= 11 is 0. The molecule has 2 heteroatoms. The molecule has 5 aromatic carbocycles. The number of likely N-dealkylation sites (N-methyl/N-ethyl adjacent to an activating group) is 1. The maximum atomic E-state index is 4.33. The van der Waals surface area contributed by atoms with Gasteiger partial charge in [0.15, 0.2) is 0 Å². The number of anilines is 1. The lowest BCUT2D eigenvalue weighted by molar-refractivity contribution is 1.11. The van der Waals surface area contributed by atoms with Crippen molar-refractivity contribution in [1.82, 2.24) is 4.57 Å². The minimum absolute atomic E-state index is 0.864. The number of aryl methyl sites for hydroxylation is 2. The zero-order valence-corrected chi connectivity index (χ0v) is 34.0. The molecule has 0 amide bonds. The quantitative estimate of drug-likeness (QED) is 0.112. The Hall–Kier alpha value is -6.38. The van der Waals surface area contributed by atoms with Crippen molar-refractivity contribution in [2.45, 2.75) is 47.5 Å². The van der Waals surface area contributed by atoms with Crippen LogP contribution in [0.2, 0.25) is 0 Å². The van der Waals surface area contributed by atoms with Gasteiger partial charge in [0.25, 0.3) is 0 Å². The molecule has 1 aliphatic carbocycles. The Balaban J connectivity index is 0.000000362. The van der Waals surface area contributed by atoms with Crippen LogP contribution in [0.25, 0.3) is 44.1 Å². The number of benzene rings is 5. The SMILES string of the molecule is C/C=C\C=C/C.C=C/C=C\C(=C/C)N(C)c1c(C2=CC=CCC(=C)C2)ccc2cc3c(ccn3-c3cccc(-c4ccccc4)c3)cc12.Cc1ccccc1C. The van der Waals surface area contributed by atoms with Gasteiger partial charge in [-0.25, -0.2) is 0 Å². The maximum Gasteiger partial charge on any atom is 0.0564 e. The number of nitrogens with zero attached hydrogens (tertiary/aromatic N) is 2. The Morgan fingerprint density at radius 2 is 1.43 bits per heavy atom. The Bertz CT molecular complexity index is 2430. The fourth-order valence-electron chi connectivity index (χ4n) is 6.84. The fraction of sp³-hybridized carbons (Fsp3) is 0.148. The van der Waals surface area contributed by atoms with Crippen LogP contribution >= 0.6 is 0 Å². The molecule has 1 aromatic heterocycles. The fourth-order valence-corrected chi connectivity index (χ4v) is 6.84. The van der Waals surface area contributed by atoms with Crippen LogP contribution in [0.15, 0.2) is 207 Å². The molecule has 0 aliphatic heterocycles.